The van der Waals surface area contributed by atoms with E-state index in [4.69, 9.17) is 0 Å². The minimum absolute atomic E-state index is 0.0888. The highest BCUT2D eigenvalue weighted by atomic mass is 32.2. The average Bonchev–Trinajstić information content (AvgIpc) is 2.72. The number of nitrogens with zero attached hydrogens (tertiary/aromatic N) is 2. The Morgan fingerprint density at radius 3 is 2.48 bits per heavy atom. The van der Waals surface area contributed by atoms with Crippen molar-refractivity contribution in [3.63, 3.8) is 0 Å². The summed E-state index contributed by atoms with van der Waals surface area (Å²) in [6.07, 6.45) is 2.22. The Kier molecular flexibility index (Phi) is 9.35. The van der Waals surface area contributed by atoms with Crippen molar-refractivity contribution in [2.24, 2.45) is 0 Å². The molecule has 27 heavy (non-hydrogen) atoms. The number of likely N-dealkylation sites (N-methyl/N-ethyl adjacent to an activating group) is 1. The van der Waals surface area contributed by atoms with E-state index in [0.29, 0.717) is 35.0 Å². The highest BCUT2D eigenvalue weighted by molar-refractivity contribution is 7.98. The van der Waals surface area contributed by atoms with Gasteiger partial charge >= 0.3 is 0 Å². The van der Waals surface area contributed by atoms with Gasteiger partial charge in [-0.05, 0) is 18.4 Å². The zero-order chi connectivity index (χ0) is 20.4. The van der Waals surface area contributed by atoms with Crippen molar-refractivity contribution in [3.8, 4) is 11.3 Å². The van der Waals surface area contributed by atoms with E-state index in [-0.39, 0.29) is 11.5 Å². The first-order chi connectivity index (χ1) is 13.0. The number of alkyl halides is 3. The third kappa shape index (κ3) is 5.99. The summed E-state index contributed by atoms with van der Waals surface area (Å²) in [7, 11) is 3.70. The molecule has 0 aliphatic rings. The van der Waals surface area contributed by atoms with Gasteiger partial charge in [-0.15, -0.1) is 11.8 Å². The summed E-state index contributed by atoms with van der Waals surface area (Å²) in [6.45, 7) is 0. The molecule has 2 N–H and O–H groups in total. The van der Waals surface area contributed by atoms with Crippen LogP contribution in [0.3, 0.4) is 0 Å². The number of aromatic nitrogens is 2. The normalized spacial score (nSPS) is 10.5. The molecule has 0 aliphatic carbocycles. The molecule has 0 radical (unpaired) electrons. The first-order valence-corrected chi connectivity index (χ1v) is 9.02. The van der Waals surface area contributed by atoms with E-state index in [1.165, 1.54) is 37.0 Å². The lowest BCUT2D eigenvalue weighted by Gasteiger charge is -2.12. The average molecular weight is 398 g/mol. The Labute approximate surface area is 160 Å². The maximum Gasteiger partial charge on any atom is 0.263 e. The lowest BCUT2D eigenvalue weighted by molar-refractivity contribution is -0.115. The first kappa shape index (κ1) is 22.5. The predicted molar refractivity (Wildman–Crippen MR) is 104 cm³/mol. The van der Waals surface area contributed by atoms with E-state index in [0.717, 1.165) is 0 Å². The number of hydrogen-bond donors (Lipinski definition) is 2. The molecule has 2 aromatic rings. The SMILES string of the molecule is CF.CNC(=O)/C=C/c1c(SC)nc(NC)nc1-c1cccc(C(F)F)c1. The number of amides is 1. The molecule has 2 rings (SSSR count). The van der Waals surface area contributed by atoms with Gasteiger partial charge in [0.05, 0.1) is 12.9 Å². The van der Waals surface area contributed by atoms with Gasteiger partial charge in [0, 0.05) is 36.9 Å². The fraction of sp³-hybridized carbons (Fsp3) is 0.278. The summed E-state index contributed by atoms with van der Waals surface area (Å²) in [5, 5.41) is 6.00. The van der Waals surface area contributed by atoms with Crippen LogP contribution in [-0.2, 0) is 4.79 Å². The molecule has 0 fully saturated rings. The second kappa shape index (κ2) is 11.2. The molecule has 0 bridgehead atoms. The Balaban J connectivity index is 0.00000176. The summed E-state index contributed by atoms with van der Waals surface area (Å²) in [6, 6.07) is 6.02. The number of nitrogens with one attached hydrogen (secondary N) is 2. The summed E-state index contributed by atoms with van der Waals surface area (Å²) in [4.78, 5) is 20.3. The van der Waals surface area contributed by atoms with Gasteiger partial charge in [0.1, 0.15) is 5.03 Å². The van der Waals surface area contributed by atoms with Crippen LogP contribution in [0.1, 0.15) is 17.6 Å². The van der Waals surface area contributed by atoms with Crippen molar-refractivity contribution >= 4 is 29.7 Å². The van der Waals surface area contributed by atoms with E-state index < -0.39 is 6.43 Å². The lowest BCUT2D eigenvalue weighted by Crippen LogP contribution is -2.14. The van der Waals surface area contributed by atoms with Crippen LogP contribution >= 0.6 is 11.8 Å². The van der Waals surface area contributed by atoms with Gasteiger partial charge in [0.2, 0.25) is 11.9 Å². The van der Waals surface area contributed by atoms with Crippen molar-refractivity contribution in [3.05, 3.63) is 41.5 Å². The van der Waals surface area contributed by atoms with Gasteiger partial charge in [-0.1, -0.05) is 18.2 Å². The minimum atomic E-state index is -2.57. The summed E-state index contributed by atoms with van der Waals surface area (Å²) < 4.78 is 35.6. The number of carbonyl (C=O) groups is 1. The van der Waals surface area contributed by atoms with E-state index in [9.17, 15) is 18.0 Å². The third-order valence-electron chi connectivity index (χ3n) is 3.39. The zero-order valence-electron chi connectivity index (χ0n) is 15.4. The molecule has 1 amide bonds. The largest absolute Gasteiger partial charge is 0.357 e. The van der Waals surface area contributed by atoms with Crippen LogP contribution in [0.2, 0.25) is 0 Å². The summed E-state index contributed by atoms with van der Waals surface area (Å²) >= 11 is 1.38. The molecule has 0 saturated heterocycles. The molecular formula is C18H21F3N4OS. The quantitative estimate of drug-likeness (QED) is 0.434. The van der Waals surface area contributed by atoms with E-state index in [1.807, 2.05) is 6.26 Å². The molecule has 1 heterocycles. The van der Waals surface area contributed by atoms with Crippen LogP contribution < -0.4 is 10.6 Å². The van der Waals surface area contributed by atoms with E-state index >= 15 is 0 Å². The first-order valence-electron chi connectivity index (χ1n) is 7.80. The van der Waals surface area contributed by atoms with Crippen LogP contribution in [-0.4, -0.2) is 43.4 Å². The number of benzene rings is 1. The summed E-state index contributed by atoms with van der Waals surface area (Å²) in [5.41, 5.74) is 1.52. The van der Waals surface area contributed by atoms with Crippen molar-refractivity contribution in [1.82, 2.24) is 15.3 Å². The number of carbonyl (C=O) groups excluding carboxylic acids is 1. The maximum absolute atomic E-state index is 13.0. The molecule has 146 valence electrons. The molecule has 0 saturated carbocycles. The molecule has 0 atom stereocenters. The Morgan fingerprint density at radius 1 is 1.22 bits per heavy atom. The summed E-state index contributed by atoms with van der Waals surface area (Å²) in [5.74, 6) is 0.0934. The monoisotopic (exact) mass is 398 g/mol. The second-order valence-corrected chi connectivity index (χ2v) is 5.74. The smallest absolute Gasteiger partial charge is 0.263 e. The number of rotatable bonds is 6. The predicted octanol–water partition coefficient (Wildman–Crippen LogP) is 4.19. The minimum Gasteiger partial charge on any atom is -0.357 e. The van der Waals surface area contributed by atoms with Crippen molar-refractivity contribution in [1.29, 1.82) is 0 Å². The van der Waals surface area contributed by atoms with Gasteiger partial charge in [-0.25, -0.2) is 18.7 Å². The number of hydrogen-bond acceptors (Lipinski definition) is 5. The number of halogens is 3. The van der Waals surface area contributed by atoms with Crippen LogP contribution in [0, 0.1) is 0 Å². The van der Waals surface area contributed by atoms with Crippen LogP contribution in [0.4, 0.5) is 19.1 Å². The fourth-order valence-electron chi connectivity index (χ4n) is 2.15. The highest BCUT2D eigenvalue weighted by Crippen LogP contribution is 2.32. The molecule has 1 aromatic carbocycles. The number of thioether (sulfide) groups is 1. The van der Waals surface area contributed by atoms with Gasteiger partial charge < -0.3 is 10.6 Å². The Hall–Kier alpha value is -2.55. The zero-order valence-corrected chi connectivity index (χ0v) is 16.2. The number of anilines is 1. The lowest BCUT2D eigenvalue weighted by atomic mass is 10.0. The molecule has 0 aliphatic heterocycles. The molecule has 5 nitrogen and oxygen atoms in total. The van der Waals surface area contributed by atoms with Crippen molar-refractivity contribution in [2.45, 2.75) is 11.5 Å². The van der Waals surface area contributed by atoms with Crippen LogP contribution in [0.25, 0.3) is 17.3 Å². The molecule has 0 spiro atoms. The van der Waals surface area contributed by atoms with Gasteiger partial charge in [0.25, 0.3) is 6.43 Å². The second-order valence-electron chi connectivity index (χ2n) is 4.94. The Morgan fingerprint density at radius 2 is 1.93 bits per heavy atom. The van der Waals surface area contributed by atoms with Gasteiger partial charge in [-0.3, -0.25) is 9.18 Å². The molecule has 0 unspecified atom stereocenters. The van der Waals surface area contributed by atoms with Gasteiger partial charge in [-0.2, -0.15) is 0 Å². The van der Waals surface area contributed by atoms with Gasteiger partial charge in [0.15, 0.2) is 0 Å². The van der Waals surface area contributed by atoms with E-state index in [2.05, 4.69) is 20.6 Å². The fourth-order valence-corrected chi connectivity index (χ4v) is 2.71. The van der Waals surface area contributed by atoms with E-state index in [1.54, 1.807) is 25.3 Å². The molecule has 1 aromatic heterocycles. The van der Waals surface area contributed by atoms with Crippen LogP contribution in [0.15, 0.2) is 35.4 Å². The standard InChI is InChI=1S/C17H18F2N4OS.CH3F/c1-20-13(24)8-7-12-14(22-17(21-2)23-16(12)25-3)10-5-4-6-11(9-10)15(18)19;1-2/h4-9,15H,1-3H3,(H,20,24)(H,21,22,23);1H3/b8-7+;. The van der Waals surface area contributed by atoms with Crippen molar-refractivity contribution < 1.29 is 18.0 Å². The molecule has 9 heteroatoms. The highest BCUT2D eigenvalue weighted by Gasteiger charge is 2.16. The Bertz CT molecular complexity index is 800. The third-order valence-corrected chi connectivity index (χ3v) is 4.09. The molecular weight excluding hydrogens is 377 g/mol. The van der Waals surface area contributed by atoms with Crippen LogP contribution in [0.5, 0.6) is 0 Å². The van der Waals surface area contributed by atoms with Crippen molar-refractivity contribution in [2.75, 3.05) is 32.8 Å². The maximum atomic E-state index is 13.0. The topological polar surface area (TPSA) is 66.9 Å².